The van der Waals surface area contributed by atoms with E-state index >= 15 is 0 Å². The maximum Gasteiger partial charge on any atom is 0.256 e. The minimum absolute atomic E-state index is 0.153. The van der Waals surface area contributed by atoms with Crippen LogP contribution < -0.4 is 10.6 Å². The smallest absolute Gasteiger partial charge is 0.256 e. The first kappa shape index (κ1) is 17.3. The van der Waals surface area contributed by atoms with E-state index in [1.165, 1.54) is 12.1 Å². The van der Waals surface area contributed by atoms with Crippen molar-refractivity contribution in [1.82, 2.24) is 10.3 Å². The maximum absolute atomic E-state index is 14.9. The van der Waals surface area contributed by atoms with Crippen molar-refractivity contribution in [2.24, 2.45) is 0 Å². The summed E-state index contributed by atoms with van der Waals surface area (Å²) in [5, 5.41) is 6.33. The summed E-state index contributed by atoms with van der Waals surface area (Å²) >= 11 is 0. The minimum Gasteiger partial charge on any atom is -0.319 e. The van der Waals surface area contributed by atoms with E-state index in [9.17, 15) is 13.6 Å². The second-order valence-corrected chi connectivity index (χ2v) is 7.48. The van der Waals surface area contributed by atoms with Crippen LogP contribution in [0.15, 0.2) is 36.4 Å². The Hall–Kier alpha value is -2.86. The fraction of sp³-hybridized carbons (Fsp3) is 0.273. The van der Waals surface area contributed by atoms with Gasteiger partial charge in [-0.2, -0.15) is 0 Å². The molecule has 0 atom stereocenters. The summed E-state index contributed by atoms with van der Waals surface area (Å²) < 4.78 is 28.7. The molecule has 1 aliphatic carbocycles. The van der Waals surface area contributed by atoms with Crippen molar-refractivity contribution >= 4 is 22.5 Å². The van der Waals surface area contributed by atoms with Crippen LogP contribution in [0.4, 0.5) is 14.5 Å². The summed E-state index contributed by atoms with van der Waals surface area (Å²) in [4.78, 5) is 17.6. The lowest BCUT2D eigenvalue weighted by Crippen LogP contribution is -2.25. The number of hydrogen-bond acceptors (Lipinski definition) is 3. The summed E-state index contributed by atoms with van der Waals surface area (Å²) in [5.41, 5.74) is 3.44. The Morgan fingerprint density at radius 3 is 2.82 bits per heavy atom. The number of aromatic nitrogens is 1. The summed E-state index contributed by atoms with van der Waals surface area (Å²) in [5.74, 6) is -0.934. The van der Waals surface area contributed by atoms with E-state index in [1.807, 2.05) is 6.07 Å². The number of fused-ring (bicyclic) bond motifs is 2. The Balaban J connectivity index is 1.55. The molecule has 1 saturated carbocycles. The third-order valence-corrected chi connectivity index (χ3v) is 5.49. The molecule has 0 bridgehead atoms. The lowest BCUT2D eigenvalue weighted by molar-refractivity contribution is 0.102. The van der Waals surface area contributed by atoms with Gasteiger partial charge < -0.3 is 10.6 Å². The number of halogens is 2. The molecule has 2 aliphatic rings. The zero-order valence-electron chi connectivity index (χ0n) is 15.2. The Morgan fingerprint density at radius 1 is 1.14 bits per heavy atom. The van der Waals surface area contributed by atoms with Gasteiger partial charge in [0, 0.05) is 23.5 Å². The molecule has 0 spiro atoms. The molecule has 0 unspecified atom stereocenters. The van der Waals surface area contributed by atoms with E-state index in [1.54, 1.807) is 18.2 Å². The second kappa shape index (κ2) is 6.63. The predicted molar refractivity (Wildman–Crippen MR) is 103 cm³/mol. The molecular formula is C22H19F2N3O. The van der Waals surface area contributed by atoms with Crippen LogP contribution in [-0.2, 0) is 13.0 Å². The Kier molecular flexibility index (Phi) is 4.09. The van der Waals surface area contributed by atoms with Gasteiger partial charge in [-0.25, -0.2) is 8.78 Å². The SMILES string of the molecule is O=C(Nc1ccc2c(c1F)CCNC2)c1cc(C2CC2)nc2ccc(F)cc12. The highest BCUT2D eigenvalue weighted by Crippen LogP contribution is 2.40. The zero-order valence-corrected chi connectivity index (χ0v) is 15.2. The number of carbonyl (C=O) groups is 1. The second-order valence-electron chi connectivity index (χ2n) is 7.48. The molecule has 28 heavy (non-hydrogen) atoms. The Morgan fingerprint density at radius 2 is 2.00 bits per heavy atom. The molecule has 5 rings (SSSR count). The molecule has 1 aromatic heterocycles. The molecule has 4 nitrogen and oxygen atoms in total. The van der Waals surface area contributed by atoms with Crippen molar-refractivity contribution < 1.29 is 13.6 Å². The number of benzene rings is 2. The fourth-order valence-electron chi connectivity index (χ4n) is 3.81. The molecule has 1 aliphatic heterocycles. The highest BCUT2D eigenvalue weighted by Gasteiger charge is 2.27. The van der Waals surface area contributed by atoms with Gasteiger partial charge >= 0.3 is 0 Å². The topological polar surface area (TPSA) is 54.0 Å². The van der Waals surface area contributed by atoms with Crippen LogP contribution in [0.25, 0.3) is 10.9 Å². The average molecular weight is 379 g/mol. The number of rotatable bonds is 3. The number of amides is 1. The lowest BCUT2D eigenvalue weighted by atomic mass is 9.99. The predicted octanol–water partition coefficient (Wildman–Crippen LogP) is 4.29. The van der Waals surface area contributed by atoms with Gasteiger partial charge in [-0.15, -0.1) is 0 Å². The molecule has 2 aromatic carbocycles. The van der Waals surface area contributed by atoms with Crippen molar-refractivity contribution in [3.63, 3.8) is 0 Å². The molecule has 1 amide bonds. The van der Waals surface area contributed by atoms with Gasteiger partial charge in [-0.3, -0.25) is 9.78 Å². The van der Waals surface area contributed by atoms with Crippen LogP contribution in [0.5, 0.6) is 0 Å². The zero-order chi connectivity index (χ0) is 19.3. The average Bonchev–Trinajstić information content (AvgIpc) is 3.55. The van der Waals surface area contributed by atoms with Gasteiger partial charge in [0.2, 0.25) is 0 Å². The van der Waals surface area contributed by atoms with Crippen molar-refractivity contribution in [2.75, 3.05) is 11.9 Å². The molecule has 2 N–H and O–H groups in total. The molecule has 0 radical (unpaired) electrons. The first-order valence-corrected chi connectivity index (χ1v) is 9.52. The first-order chi connectivity index (χ1) is 13.6. The van der Waals surface area contributed by atoms with E-state index in [4.69, 9.17) is 0 Å². The molecule has 2 heterocycles. The van der Waals surface area contributed by atoms with Gasteiger partial charge in [0.05, 0.1) is 16.8 Å². The van der Waals surface area contributed by atoms with Crippen LogP contribution in [0.1, 0.15) is 45.9 Å². The van der Waals surface area contributed by atoms with E-state index in [0.29, 0.717) is 47.5 Å². The molecule has 0 saturated heterocycles. The number of anilines is 1. The van der Waals surface area contributed by atoms with E-state index < -0.39 is 11.7 Å². The third-order valence-electron chi connectivity index (χ3n) is 5.49. The van der Waals surface area contributed by atoms with Crippen LogP contribution >= 0.6 is 0 Å². The number of nitrogens with one attached hydrogen (secondary N) is 2. The lowest BCUT2D eigenvalue weighted by Gasteiger charge is -2.19. The van der Waals surface area contributed by atoms with Crippen LogP contribution in [-0.4, -0.2) is 17.4 Å². The van der Waals surface area contributed by atoms with Crippen molar-refractivity contribution in [2.45, 2.75) is 31.7 Å². The normalized spacial score (nSPS) is 16.1. The van der Waals surface area contributed by atoms with E-state index in [2.05, 4.69) is 15.6 Å². The maximum atomic E-state index is 14.9. The fourth-order valence-corrected chi connectivity index (χ4v) is 3.81. The summed E-state index contributed by atoms with van der Waals surface area (Å²) in [6.45, 7) is 1.33. The highest BCUT2D eigenvalue weighted by molar-refractivity contribution is 6.12. The van der Waals surface area contributed by atoms with Gasteiger partial charge in [0.1, 0.15) is 11.6 Å². The number of nitrogens with zero attached hydrogens (tertiary/aromatic N) is 1. The minimum atomic E-state index is -0.451. The third kappa shape index (κ3) is 3.03. The number of carbonyl (C=O) groups excluding carboxylic acids is 1. The molecule has 3 aromatic rings. The van der Waals surface area contributed by atoms with Crippen LogP contribution in [0.2, 0.25) is 0 Å². The summed E-state index contributed by atoms with van der Waals surface area (Å²) in [6, 6.07) is 9.37. The van der Waals surface area contributed by atoms with Crippen LogP contribution in [0, 0.1) is 11.6 Å². The van der Waals surface area contributed by atoms with Crippen LogP contribution in [0.3, 0.4) is 0 Å². The standard InChI is InChI=1S/C22H19F2N3O/c23-14-4-6-18-16(9-14)17(10-20(26-18)12-1-2-12)22(28)27-19-5-3-13-11-25-8-7-15(13)21(19)24/h3-6,9-10,12,25H,1-2,7-8,11H2,(H,27,28). The molecule has 6 heteroatoms. The summed E-state index contributed by atoms with van der Waals surface area (Å²) in [7, 11) is 0. The monoisotopic (exact) mass is 379 g/mol. The first-order valence-electron chi connectivity index (χ1n) is 9.52. The van der Waals surface area contributed by atoms with Gasteiger partial charge in [0.15, 0.2) is 0 Å². The molecule has 1 fully saturated rings. The van der Waals surface area contributed by atoms with E-state index in [-0.39, 0.29) is 11.5 Å². The van der Waals surface area contributed by atoms with Crippen molar-refractivity contribution in [3.8, 4) is 0 Å². The largest absolute Gasteiger partial charge is 0.319 e. The quantitative estimate of drug-likeness (QED) is 0.714. The van der Waals surface area contributed by atoms with Gasteiger partial charge in [-0.1, -0.05) is 6.07 Å². The molecular weight excluding hydrogens is 360 g/mol. The van der Waals surface area contributed by atoms with Crippen molar-refractivity contribution in [3.05, 3.63) is 70.4 Å². The Labute approximate surface area is 161 Å². The van der Waals surface area contributed by atoms with E-state index in [0.717, 1.165) is 24.1 Å². The Bertz CT molecular complexity index is 1110. The van der Waals surface area contributed by atoms with Gasteiger partial charge in [0.25, 0.3) is 5.91 Å². The molecule has 142 valence electrons. The number of pyridine rings is 1. The summed E-state index contributed by atoms with van der Waals surface area (Å²) in [6.07, 6.45) is 2.66. The van der Waals surface area contributed by atoms with Gasteiger partial charge in [-0.05, 0) is 67.3 Å². The highest BCUT2D eigenvalue weighted by atomic mass is 19.1. The number of hydrogen-bond donors (Lipinski definition) is 2. The van der Waals surface area contributed by atoms with Crippen molar-refractivity contribution in [1.29, 1.82) is 0 Å².